The van der Waals surface area contributed by atoms with Crippen molar-refractivity contribution in [2.75, 3.05) is 13.1 Å². The highest BCUT2D eigenvalue weighted by molar-refractivity contribution is 9.11. The third-order valence-electron chi connectivity index (χ3n) is 3.02. The van der Waals surface area contributed by atoms with Crippen molar-refractivity contribution in [1.82, 2.24) is 4.31 Å². The first-order chi connectivity index (χ1) is 8.95. The standard InChI is InChI=1S/C11H13BrN2O3S2/c1-8-5-10(18-11(8)12)19(16,17)14-4-2-3-9(6-14)13-7-15/h5,9H,2-4,6H2,1H3. The van der Waals surface area contributed by atoms with Crippen LogP contribution in [-0.4, -0.2) is 37.9 Å². The van der Waals surface area contributed by atoms with E-state index < -0.39 is 10.0 Å². The Morgan fingerprint density at radius 2 is 2.32 bits per heavy atom. The molecule has 8 heteroatoms. The van der Waals surface area contributed by atoms with E-state index in [0.717, 1.165) is 15.8 Å². The van der Waals surface area contributed by atoms with Crippen molar-refractivity contribution in [3.8, 4) is 0 Å². The molecule has 19 heavy (non-hydrogen) atoms. The van der Waals surface area contributed by atoms with Gasteiger partial charge >= 0.3 is 0 Å². The van der Waals surface area contributed by atoms with Crippen LogP contribution in [0.2, 0.25) is 0 Å². The topological polar surface area (TPSA) is 66.8 Å². The van der Waals surface area contributed by atoms with Crippen molar-refractivity contribution >= 4 is 43.4 Å². The Morgan fingerprint density at radius 3 is 2.89 bits per heavy atom. The monoisotopic (exact) mass is 364 g/mol. The van der Waals surface area contributed by atoms with Crippen LogP contribution in [0.3, 0.4) is 0 Å². The van der Waals surface area contributed by atoms with E-state index in [2.05, 4.69) is 20.9 Å². The lowest BCUT2D eigenvalue weighted by molar-refractivity contribution is 0.317. The van der Waals surface area contributed by atoms with Gasteiger partial charge in [-0.2, -0.15) is 4.31 Å². The average Bonchev–Trinajstić information content (AvgIpc) is 2.71. The summed E-state index contributed by atoms with van der Waals surface area (Å²) >= 11 is 4.54. The number of aryl methyl sites for hydroxylation is 1. The molecule has 0 N–H and O–H groups in total. The Morgan fingerprint density at radius 1 is 1.58 bits per heavy atom. The molecule has 0 saturated carbocycles. The van der Waals surface area contributed by atoms with Crippen LogP contribution in [0.1, 0.15) is 18.4 Å². The molecule has 0 bridgehead atoms. The normalized spacial score (nSPS) is 21.1. The van der Waals surface area contributed by atoms with Gasteiger partial charge in [0.05, 0.1) is 9.83 Å². The van der Waals surface area contributed by atoms with E-state index in [1.54, 1.807) is 6.07 Å². The third kappa shape index (κ3) is 3.14. The third-order valence-corrected chi connectivity index (χ3v) is 7.47. The van der Waals surface area contributed by atoms with Crippen molar-refractivity contribution < 1.29 is 13.2 Å². The number of rotatable bonds is 3. The Labute approximate surface area is 124 Å². The Kier molecular flexibility index (Phi) is 4.58. The van der Waals surface area contributed by atoms with E-state index in [1.807, 2.05) is 6.92 Å². The highest BCUT2D eigenvalue weighted by atomic mass is 79.9. The number of hydrogen-bond acceptors (Lipinski definition) is 5. The average molecular weight is 365 g/mol. The number of piperidine rings is 1. The zero-order chi connectivity index (χ0) is 14.0. The molecule has 1 aliphatic rings. The molecule has 1 aliphatic heterocycles. The number of isocyanates is 1. The quantitative estimate of drug-likeness (QED) is 0.610. The summed E-state index contributed by atoms with van der Waals surface area (Å²) in [5, 5.41) is 0. The van der Waals surface area contributed by atoms with E-state index in [-0.39, 0.29) is 12.6 Å². The van der Waals surface area contributed by atoms with Crippen molar-refractivity contribution in [2.45, 2.75) is 30.0 Å². The molecule has 5 nitrogen and oxygen atoms in total. The first-order valence-corrected chi connectivity index (χ1v) is 8.83. The van der Waals surface area contributed by atoms with E-state index in [0.29, 0.717) is 17.2 Å². The summed E-state index contributed by atoms with van der Waals surface area (Å²) in [5.41, 5.74) is 0.906. The second-order valence-electron chi connectivity index (χ2n) is 4.40. The van der Waals surface area contributed by atoms with Gasteiger partial charge < -0.3 is 0 Å². The molecule has 0 amide bonds. The molecule has 1 saturated heterocycles. The van der Waals surface area contributed by atoms with Crippen LogP contribution in [0.15, 0.2) is 19.1 Å². The van der Waals surface area contributed by atoms with Gasteiger partial charge in [-0.1, -0.05) is 0 Å². The fraction of sp³-hybridized carbons (Fsp3) is 0.545. The SMILES string of the molecule is Cc1cc(S(=O)(=O)N2CCCC(N=C=O)C2)sc1Br. The molecular formula is C11H13BrN2O3S2. The fourth-order valence-corrected chi connectivity index (χ4v) is 5.90. The molecule has 1 atom stereocenters. The number of thiophene rings is 1. The molecule has 0 aromatic carbocycles. The van der Waals surface area contributed by atoms with Gasteiger partial charge in [0.15, 0.2) is 0 Å². The minimum absolute atomic E-state index is 0.256. The van der Waals surface area contributed by atoms with Gasteiger partial charge in [0, 0.05) is 13.1 Å². The molecule has 1 fully saturated rings. The second-order valence-corrected chi connectivity index (χ2v) is 8.94. The van der Waals surface area contributed by atoms with Crippen LogP contribution < -0.4 is 0 Å². The highest BCUT2D eigenvalue weighted by Gasteiger charge is 2.31. The number of sulfonamides is 1. The minimum atomic E-state index is -3.48. The van der Waals surface area contributed by atoms with Crippen molar-refractivity contribution in [3.63, 3.8) is 0 Å². The summed E-state index contributed by atoms with van der Waals surface area (Å²) < 4.78 is 27.5. The maximum atomic E-state index is 12.5. The lowest BCUT2D eigenvalue weighted by Crippen LogP contribution is -2.41. The van der Waals surface area contributed by atoms with Crippen molar-refractivity contribution in [1.29, 1.82) is 0 Å². The van der Waals surface area contributed by atoms with E-state index in [4.69, 9.17) is 0 Å². The van der Waals surface area contributed by atoms with Crippen LogP contribution in [-0.2, 0) is 14.8 Å². The Balaban J connectivity index is 2.26. The van der Waals surface area contributed by atoms with Crippen LogP contribution in [0.5, 0.6) is 0 Å². The summed E-state index contributed by atoms with van der Waals surface area (Å²) in [7, 11) is -3.48. The van der Waals surface area contributed by atoms with Gasteiger partial charge in [0.25, 0.3) is 10.0 Å². The van der Waals surface area contributed by atoms with Gasteiger partial charge in [0.2, 0.25) is 6.08 Å². The predicted molar refractivity (Wildman–Crippen MR) is 76.7 cm³/mol. The lowest BCUT2D eigenvalue weighted by atomic mass is 10.1. The molecule has 1 unspecified atom stereocenters. The Hall–Kier alpha value is -0.530. The summed E-state index contributed by atoms with van der Waals surface area (Å²) in [5.74, 6) is 0. The van der Waals surface area contributed by atoms with E-state index in [1.165, 1.54) is 21.7 Å². The first-order valence-electron chi connectivity index (χ1n) is 5.78. The lowest BCUT2D eigenvalue weighted by Gasteiger charge is -2.28. The smallest absolute Gasteiger partial charge is 0.211 e. The number of halogens is 1. The fourth-order valence-electron chi connectivity index (χ4n) is 2.01. The van der Waals surface area contributed by atoms with Crippen LogP contribution in [0.4, 0.5) is 0 Å². The van der Waals surface area contributed by atoms with E-state index >= 15 is 0 Å². The molecule has 1 aromatic rings. The molecule has 2 rings (SSSR count). The molecule has 1 aromatic heterocycles. The van der Waals surface area contributed by atoms with Crippen LogP contribution in [0, 0.1) is 6.92 Å². The molecule has 0 aliphatic carbocycles. The van der Waals surface area contributed by atoms with Crippen molar-refractivity contribution in [2.24, 2.45) is 4.99 Å². The summed E-state index contributed by atoms with van der Waals surface area (Å²) in [6, 6.07) is 1.39. The molecular weight excluding hydrogens is 352 g/mol. The number of hydrogen-bond donors (Lipinski definition) is 0. The number of aliphatic imine (C=N–C) groups is 1. The maximum absolute atomic E-state index is 12.5. The van der Waals surface area contributed by atoms with Crippen molar-refractivity contribution in [3.05, 3.63) is 15.4 Å². The number of carbonyl (C=O) groups excluding carboxylic acids is 1. The van der Waals surface area contributed by atoms with Crippen LogP contribution in [0.25, 0.3) is 0 Å². The predicted octanol–water partition coefficient (Wildman–Crippen LogP) is 2.31. The maximum Gasteiger partial charge on any atom is 0.252 e. The van der Waals surface area contributed by atoms with Gasteiger partial charge in [-0.15, -0.1) is 11.3 Å². The molecule has 104 valence electrons. The van der Waals surface area contributed by atoms with E-state index in [9.17, 15) is 13.2 Å². The molecule has 0 radical (unpaired) electrons. The van der Waals surface area contributed by atoms with Gasteiger partial charge in [-0.3, -0.25) is 0 Å². The van der Waals surface area contributed by atoms with Gasteiger partial charge in [0.1, 0.15) is 4.21 Å². The molecule has 0 spiro atoms. The zero-order valence-corrected chi connectivity index (χ0v) is 13.5. The zero-order valence-electron chi connectivity index (χ0n) is 10.3. The van der Waals surface area contributed by atoms with Gasteiger partial charge in [-0.05, 0) is 47.3 Å². The summed E-state index contributed by atoms with van der Waals surface area (Å²) in [4.78, 5) is 13.9. The van der Waals surface area contributed by atoms with Crippen LogP contribution >= 0.6 is 27.3 Å². The first kappa shape index (κ1) is 14.9. The largest absolute Gasteiger partial charge is 0.252 e. The highest BCUT2D eigenvalue weighted by Crippen LogP contribution is 2.33. The van der Waals surface area contributed by atoms with Gasteiger partial charge in [-0.25, -0.2) is 18.2 Å². The second kappa shape index (κ2) is 5.85. The summed E-state index contributed by atoms with van der Waals surface area (Å²) in [6.07, 6.45) is 2.95. The molecule has 2 heterocycles. The minimum Gasteiger partial charge on any atom is -0.211 e. The number of nitrogens with zero attached hydrogens (tertiary/aromatic N) is 2. The summed E-state index contributed by atoms with van der Waals surface area (Å²) in [6.45, 7) is 2.59. The Bertz CT molecular complexity index is 600.